The van der Waals surface area contributed by atoms with Gasteiger partial charge >= 0.3 is 0 Å². The van der Waals surface area contributed by atoms with E-state index in [2.05, 4.69) is 18.8 Å². The summed E-state index contributed by atoms with van der Waals surface area (Å²) in [7, 11) is 0. The van der Waals surface area contributed by atoms with Gasteiger partial charge in [-0.2, -0.15) is 0 Å². The number of carbonyl (C=O) groups excluding carboxylic acids is 2. The van der Waals surface area contributed by atoms with Gasteiger partial charge in [-0.15, -0.1) is 0 Å². The number of hydrogen-bond donors (Lipinski definition) is 1. The monoisotopic (exact) mass is 443 g/mol. The molecular weight excluding hydrogens is 414 g/mol. The normalized spacial score (nSPS) is 17.8. The summed E-state index contributed by atoms with van der Waals surface area (Å²) < 4.78 is 1.98. The summed E-state index contributed by atoms with van der Waals surface area (Å²) in [6, 6.07) is 14.3. The number of imidazole rings is 1. The molecule has 2 heterocycles. The van der Waals surface area contributed by atoms with E-state index in [1.807, 2.05) is 66.6 Å². The number of benzene rings is 2. The molecule has 1 amide bonds. The molecule has 0 aliphatic carbocycles. The summed E-state index contributed by atoms with van der Waals surface area (Å²) >= 11 is 0. The van der Waals surface area contributed by atoms with Crippen LogP contribution in [0.5, 0.6) is 0 Å². The fraction of sp³-hybridized carbons (Fsp3) is 0.296. The maximum absolute atomic E-state index is 13.4. The lowest BCUT2D eigenvalue weighted by Crippen LogP contribution is -2.36. The summed E-state index contributed by atoms with van der Waals surface area (Å²) in [6.45, 7) is 7.24. The Balaban J connectivity index is 1.73. The Kier molecular flexibility index (Phi) is 6.45. The first kappa shape index (κ1) is 22.5. The van der Waals surface area contributed by atoms with Crippen molar-refractivity contribution in [2.75, 3.05) is 6.54 Å². The summed E-state index contributed by atoms with van der Waals surface area (Å²) in [5.41, 5.74) is 3.43. The van der Waals surface area contributed by atoms with E-state index in [1.54, 1.807) is 17.0 Å². The Bertz CT molecular complexity index is 1160. The minimum atomic E-state index is -0.701. The van der Waals surface area contributed by atoms with Gasteiger partial charge in [0, 0.05) is 18.5 Å². The lowest BCUT2D eigenvalue weighted by Gasteiger charge is -2.27. The Labute approximate surface area is 194 Å². The van der Waals surface area contributed by atoms with E-state index in [1.165, 1.54) is 0 Å². The lowest BCUT2D eigenvalue weighted by atomic mass is 9.93. The third-order valence-electron chi connectivity index (χ3n) is 6.18. The van der Waals surface area contributed by atoms with Gasteiger partial charge in [0.2, 0.25) is 12.1 Å². The number of Topliss-reactive ketones (excluding diaryl/α,β-unsaturated/α-hetero) is 1. The predicted molar refractivity (Wildman–Crippen MR) is 124 cm³/mol. The molecule has 1 aromatic heterocycles. The largest absolute Gasteiger partial charge is 0.872 e. The molecule has 2 aromatic carbocycles. The molecule has 0 saturated carbocycles. The number of aromatic amines is 1. The summed E-state index contributed by atoms with van der Waals surface area (Å²) in [5, 5.41) is 13.4. The molecule has 6 nitrogen and oxygen atoms in total. The smallest absolute Gasteiger partial charge is 0.295 e. The minimum absolute atomic E-state index is 0.0375. The van der Waals surface area contributed by atoms with Crippen molar-refractivity contribution in [1.82, 2.24) is 9.88 Å². The summed E-state index contributed by atoms with van der Waals surface area (Å²) in [5.74, 6) is -1.33. The molecule has 1 atom stereocenters. The molecule has 6 heteroatoms. The molecule has 1 fully saturated rings. The van der Waals surface area contributed by atoms with Gasteiger partial charge in [-0.3, -0.25) is 14.6 Å². The minimum Gasteiger partial charge on any atom is -0.872 e. The van der Waals surface area contributed by atoms with Crippen LogP contribution in [0.3, 0.4) is 0 Å². The van der Waals surface area contributed by atoms with Crippen LogP contribution in [-0.4, -0.2) is 28.1 Å². The fourth-order valence-corrected chi connectivity index (χ4v) is 4.25. The van der Waals surface area contributed by atoms with E-state index >= 15 is 0 Å². The molecule has 1 saturated heterocycles. The number of aromatic nitrogens is 2. The van der Waals surface area contributed by atoms with Gasteiger partial charge < -0.3 is 10.0 Å². The second-order valence-corrected chi connectivity index (χ2v) is 8.86. The van der Waals surface area contributed by atoms with Crippen molar-refractivity contribution in [2.24, 2.45) is 0 Å². The van der Waals surface area contributed by atoms with Crippen molar-refractivity contribution in [2.45, 2.75) is 45.7 Å². The third kappa shape index (κ3) is 4.60. The molecule has 0 bridgehead atoms. The van der Waals surface area contributed by atoms with E-state index in [4.69, 9.17) is 0 Å². The standard InChI is InChI=1S/C27H29N3O3/c1-18(2)20-9-11-21(12-10-20)24-23(25(31)22-7-5-19(3)6-8-22)26(32)27(33)30(24)15-4-14-29-16-13-28-17-29/h5-13,16-18,24H,4,14-15H2,1-3H3,(H,31,32). The van der Waals surface area contributed by atoms with Gasteiger partial charge in [-0.25, -0.2) is 4.57 Å². The van der Waals surface area contributed by atoms with E-state index in [0.29, 0.717) is 31.0 Å². The number of amides is 1. The van der Waals surface area contributed by atoms with Gasteiger partial charge in [0.05, 0.1) is 12.6 Å². The average molecular weight is 444 g/mol. The quantitative estimate of drug-likeness (QED) is 0.264. The second-order valence-electron chi connectivity index (χ2n) is 8.86. The first-order valence-corrected chi connectivity index (χ1v) is 11.3. The van der Waals surface area contributed by atoms with Crippen LogP contribution in [0.1, 0.15) is 54.5 Å². The van der Waals surface area contributed by atoms with Crippen LogP contribution in [0.2, 0.25) is 0 Å². The zero-order chi connectivity index (χ0) is 23.5. The van der Waals surface area contributed by atoms with Crippen LogP contribution < -0.4 is 9.67 Å². The zero-order valence-electron chi connectivity index (χ0n) is 19.2. The number of hydrogen-bond acceptors (Lipinski definition) is 3. The topological polar surface area (TPSA) is 80.1 Å². The number of nitrogens with one attached hydrogen (secondary N) is 1. The molecular formula is C27H29N3O3. The van der Waals surface area contributed by atoms with Crippen LogP contribution in [0, 0.1) is 6.92 Å². The van der Waals surface area contributed by atoms with E-state index in [9.17, 15) is 14.7 Å². The van der Waals surface area contributed by atoms with Gasteiger partial charge in [-0.05, 0) is 29.5 Å². The molecule has 170 valence electrons. The van der Waals surface area contributed by atoms with Crippen molar-refractivity contribution in [3.63, 3.8) is 0 Å². The molecule has 33 heavy (non-hydrogen) atoms. The molecule has 4 rings (SSSR count). The molecule has 1 N–H and O–H groups in total. The number of aryl methyl sites for hydroxylation is 2. The van der Waals surface area contributed by atoms with Gasteiger partial charge in [0.1, 0.15) is 12.4 Å². The number of H-pyrrole nitrogens is 1. The molecule has 0 spiro atoms. The molecule has 0 radical (unpaired) electrons. The highest BCUT2D eigenvalue weighted by atomic mass is 16.3. The molecule has 1 aliphatic rings. The number of ketones is 1. The number of likely N-dealkylation sites (tertiary alicyclic amines) is 1. The average Bonchev–Trinajstić information content (AvgIpc) is 3.41. The fourth-order valence-electron chi connectivity index (χ4n) is 4.25. The van der Waals surface area contributed by atoms with Gasteiger partial charge in [0.25, 0.3) is 5.91 Å². The second kappa shape index (κ2) is 9.45. The first-order valence-electron chi connectivity index (χ1n) is 11.3. The van der Waals surface area contributed by atoms with Crippen LogP contribution >= 0.6 is 0 Å². The van der Waals surface area contributed by atoms with Gasteiger partial charge in [0.15, 0.2) is 0 Å². The van der Waals surface area contributed by atoms with Crippen molar-refractivity contribution in [3.05, 3.63) is 95.1 Å². The van der Waals surface area contributed by atoms with Crippen molar-refractivity contribution in [3.8, 4) is 0 Å². The van der Waals surface area contributed by atoms with Crippen molar-refractivity contribution >= 4 is 17.4 Å². The highest BCUT2D eigenvalue weighted by Crippen LogP contribution is 2.39. The SMILES string of the molecule is Cc1ccc(/C([O-])=C2\C(=O)C(=O)N(CCC[n+]3cc[nH]c3)C2c2ccc(C(C)C)cc2)cc1. The predicted octanol–water partition coefficient (Wildman–Crippen LogP) is 3.05. The van der Waals surface area contributed by atoms with E-state index in [-0.39, 0.29) is 11.3 Å². The molecule has 1 unspecified atom stereocenters. The maximum Gasteiger partial charge on any atom is 0.295 e. The van der Waals surface area contributed by atoms with Crippen LogP contribution in [0.15, 0.2) is 72.8 Å². The van der Waals surface area contributed by atoms with E-state index in [0.717, 1.165) is 16.7 Å². The van der Waals surface area contributed by atoms with Gasteiger partial charge in [-0.1, -0.05) is 73.7 Å². The number of nitrogens with zero attached hydrogens (tertiary/aromatic N) is 2. The Hall–Kier alpha value is -3.67. The first-order chi connectivity index (χ1) is 15.9. The summed E-state index contributed by atoms with van der Waals surface area (Å²) in [4.78, 5) is 30.7. The van der Waals surface area contributed by atoms with Crippen LogP contribution in [0.25, 0.3) is 5.76 Å². The molecule has 3 aromatic rings. The number of rotatable bonds is 7. The van der Waals surface area contributed by atoms with Crippen molar-refractivity contribution in [1.29, 1.82) is 0 Å². The summed E-state index contributed by atoms with van der Waals surface area (Å²) in [6.07, 6.45) is 6.25. The van der Waals surface area contributed by atoms with Crippen molar-refractivity contribution < 1.29 is 19.3 Å². The highest BCUT2D eigenvalue weighted by molar-refractivity contribution is 6.46. The molecule has 1 aliphatic heterocycles. The highest BCUT2D eigenvalue weighted by Gasteiger charge is 2.43. The third-order valence-corrected chi connectivity index (χ3v) is 6.18. The zero-order valence-corrected chi connectivity index (χ0v) is 19.2. The Morgan fingerprint density at radius 2 is 1.79 bits per heavy atom. The number of carbonyl (C=O) groups is 2. The van der Waals surface area contributed by atoms with Crippen LogP contribution in [-0.2, 0) is 16.1 Å². The van der Waals surface area contributed by atoms with Crippen LogP contribution in [0.4, 0.5) is 0 Å². The Morgan fingerprint density at radius 1 is 1.09 bits per heavy atom. The maximum atomic E-state index is 13.4. The van der Waals surface area contributed by atoms with E-state index < -0.39 is 17.7 Å². The lowest BCUT2D eigenvalue weighted by molar-refractivity contribution is -0.695. The Morgan fingerprint density at radius 3 is 2.39 bits per heavy atom.